The Hall–Kier alpha value is -2.15. The number of rotatable bonds is 7. The Morgan fingerprint density at radius 3 is 2.52 bits per heavy atom. The lowest BCUT2D eigenvalue weighted by atomic mass is 10.1. The van der Waals surface area contributed by atoms with E-state index < -0.39 is 0 Å². The largest absolute Gasteiger partial charge is 0.351 e. The number of amides is 1. The normalized spacial score (nSPS) is 10.1. The Kier molecular flexibility index (Phi) is 9.21. The summed E-state index contributed by atoms with van der Waals surface area (Å²) in [5, 5.41) is 11.3. The molecule has 0 saturated heterocycles. The second kappa shape index (κ2) is 10.9. The lowest BCUT2D eigenvalue weighted by Crippen LogP contribution is -2.31. The van der Waals surface area contributed by atoms with Crippen LogP contribution in [0.3, 0.4) is 0 Å². The summed E-state index contributed by atoms with van der Waals surface area (Å²) < 4.78 is 1.82. The van der Waals surface area contributed by atoms with Crippen molar-refractivity contribution in [2.24, 2.45) is 0 Å². The summed E-state index contributed by atoms with van der Waals surface area (Å²) in [6.45, 7) is 6.97. The quantitative estimate of drug-likeness (QED) is 0.587. The van der Waals surface area contributed by atoms with Crippen LogP contribution in [0.15, 0.2) is 42.6 Å². The Bertz CT molecular complexity index is 867. The fraction of sp³-hybridized carbons (Fsp3) is 0.316. The molecule has 3 rings (SSSR count). The van der Waals surface area contributed by atoms with E-state index in [2.05, 4.69) is 15.7 Å². The molecule has 2 heterocycles. The number of nitrogens with zero attached hydrogens (tertiary/aromatic N) is 3. The maximum atomic E-state index is 12.7. The minimum absolute atomic E-state index is 0. The highest BCUT2D eigenvalue weighted by Crippen LogP contribution is 2.24. The summed E-state index contributed by atoms with van der Waals surface area (Å²) in [6, 6.07) is 11.7. The van der Waals surface area contributed by atoms with Crippen LogP contribution in [0.2, 0.25) is 0 Å². The first-order chi connectivity index (χ1) is 12.2. The van der Waals surface area contributed by atoms with E-state index in [0.29, 0.717) is 18.7 Å². The Balaban J connectivity index is 0.00000182. The van der Waals surface area contributed by atoms with E-state index in [-0.39, 0.29) is 30.7 Å². The number of fused-ring (bicyclic) bond motifs is 1. The van der Waals surface area contributed by atoms with Crippen LogP contribution >= 0.6 is 24.8 Å². The molecular formula is C19H25Cl2N5O. The zero-order valence-corrected chi connectivity index (χ0v) is 17.1. The van der Waals surface area contributed by atoms with E-state index in [4.69, 9.17) is 4.98 Å². The van der Waals surface area contributed by atoms with Gasteiger partial charge >= 0.3 is 0 Å². The SMILES string of the molecule is CCNCCNC(=O)c1cc(-c2ccccc2)nc2c1cnn2CC.Cl.Cl. The number of hydrogen-bond acceptors (Lipinski definition) is 4. The van der Waals surface area contributed by atoms with Gasteiger partial charge in [0.05, 0.1) is 22.8 Å². The van der Waals surface area contributed by atoms with Crippen molar-refractivity contribution in [2.75, 3.05) is 19.6 Å². The molecule has 0 atom stereocenters. The van der Waals surface area contributed by atoms with Crippen LogP contribution in [0, 0.1) is 0 Å². The summed E-state index contributed by atoms with van der Waals surface area (Å²) >= 11 is 0. The van der Waals surface area contributed by atoms with E-state index in [1.165, 1.54) is 0 Å². The predicted molar refractivity (Wildman–Crippen MR) is 114 cm³/mol. The van der Waals surface area contributed by atoms with Gasteiger partial charge < -0.3 is 10.6 Å². The number of benzene rings is 1. The molecule has 6 nitrogen and oxygen atoms in total. The third-order valence-electron chi connectivity index (χ3n) is 4.06. The van der Waals surface area contributed by atoms with Gasteiger partial charge in [0.1, 0.15) is 0 Å². The smallest absolute Gasteiger partial charge is 0.252 e. The summed E-state index contributed by atoms with van der Waals surface area (Å²) in [7, 11) is 0. The van der Waals surface area contributed by atoms with Crippen LogP contribution in [0.25, 0.3) is 22.3 Å². The Morgan fingerprint density at radius 2 is 1.85 bits per heavy atom. The molecule has 0 bridgehead atoms. The molecule has 8 heteroatoms. The lowest BCUT2D eigenvalue weighted by molar-refractivity contribution is 0.0955. The fourth-order valence-electron chi connectivity index (χ4n) is 2.76. The molecular weight excluding hydrogens is 385 g/mol. The van der Waals surface area contributed by atoms with Crippen LogP contribution in [0.4, 0.5) is 0 Å². The number of aromatic nitrogens is 3. The van der Waals surface area contributed by atoms with Crippen LogP contribution in [0.5, 0.6) is 0 Å². The molecule has 146 valence electrons. The van der Waals surface area contributed by atoms with Gasteiger partial charge in [-0.25, -0.2) is 9.67 Å². The molecule has 1 aromatic carbocycles. The molecule has 0 spiro atoms. The zero-order chi connectivity index (χ0) is 17.6. The van der Waals surface area contributed by atoms with Crippen molar-refractivity contribution < 1.29 is 4.79 Å². The van der Waals surface area contributed by atoms with E-state index in [1.54, 1.807) is 6.20 Å². The van der Waals surface area contributed by atoms with Gasteiger partial charge in [-0.05, 0) is 19.5 Å². The highest BCUT2D eigenvalue weighted by atomic mass is 35.5. The molecule has 2 N–H and O–H groups in total. The zero-order valence-electron chi connectivity index (χ0n) is 15.4. The van der Waals surface area contributed by atoms with Crippen molar-refractivity contribution in [1.82, 2.24) is 25.4 Å². The molecule has 27 heavy (non-hydrogen) atoms. The van der Waals surface area contributed by atoms with Crippen LogP contribution in [-0.4, -0.2) is 40.3 Å². The van der Waals surface area contributed by atoms with Crippen molar-refractivity contribution in [3.63, 3.8) is 0 Å². The van der Waals surface area contributed by atoms with Crippen LogP contribution in [0.1, 0.15) is 24.2 Å². The topological polar surface area (TPSA) is 71.8 Å². The lowest BCUT2D eigenvalue weighted by Gasteiger charge is -2.09. The summed E-state index contributed by atoms with van der Waals surface area (Å²) in [4.78, 5) is 17.4. The second-order valence-corrected chi connectivity index (χ2v) is 5.73. The first kappa shape index (κ1) is 22.9. The maximum absolute atomic E-state index is 12.7. The molecule has 0 radical (unpaired) electrons. The van der Waals surface area contributed by atoms with E-state index >= 15 is 0 Å². The van der Waals surface area contributed by atoms with E-state index in [0.717, 1.165) is 35.4 Å². The van der Waals surface area contributed by atoms with Gasteiger partial charge in [0.2, 0.25) is 0 Å². The van der Waals surface area contributed by atoms with E-state index in [1.807, 2.05) is 54.9 Å². The fourth-order valence-corrected chi connectivity index (χ4v) is 2.76. The number of likely N-dealkylation sites (N-methyl/N-ethyl adjacent to an activating group) is 1. The number of pyridine rings is 1. The van der Waals surface area contributed by atoms with Gasteiger partial charge in [0, 0.05) is 25.2 Å². The van der Waals surface area contributed by atoms with Crippen molar-refractivity contribution in [3.05, 3.63) is 48.2 Å². The van der Waals surface area contributed by atoms with Gasteiger partial charge in [0.25, 0.3) is 5.91 Å². The number of aryl methyl sites for hydroxylation is 1. The number of carbonyl (C=O) groups excluding carboxylic acids is 1. The molecule has 0 saturated carbocycles. The summed E-state index contributed by atoms with van der Waals surface area (Å²) in [5.74, 6) is -0.0989. The number of halogens is 2. The average Bonchev–Trinajstić information content (AvgIpc) is 3.08. The van der Waals surface area contributed by atoms with Crippen LogP contribution in [-0.2, 0) is 6.54 Å². The number of carbonyl (C=O) groups is 1. The Labute approximate surface area is 171 Å². The third-order valence-corrected chi connectivity index (χ3v) is 4.06. The predicted octanol–water partition coefficient (Wildman–Crippen LogP) is 3.30. The van der Waals surface area contributed by atoms with Gasteiger partial charge in [-0.15, -0.1) is 24.8 Å². The summed E-state index contributed by atoms with van der Waals surface area (Å²) in [5.41, 5.74) is 3.11. The maximum Gasteiger partial charge on any atom is 0.252 e. The monoisotopic (exact) mass is 409 g/mol. The molecule has 0 unspecified atom stereocenters. The number of nitrogens with one attached hydrogen (secondary N) is 2. The van der Waals surface area contributed by atoms with Crippen molar-refractivity contribution >= 4 is 41.8 Å². The van der Waals surface area contributed by atoms with Crippen LogP contribution < -0.4 is 10.6 Å². The summed E-state index contributed by atoms with van der Waals surface area (Å²) in [6.07, 6.45) is 1.72. The molecule has 1 amide bonds. The van der Waals surface area contributed by atoms with Crippen molar-refractivity contribution in [1.29, 1.82) is 0 Å². The Morgan fingerprint density at radius 1 is 1.11 bits per heavy atom. The van der Waals surface area contributed by atoms with Gasteiger partial charge in [-0.3, -0.25) is 4.79 Å². The first-order valence-electron chi connectivity index (χ1n) is 8.65. The minimum atomic E-state index is -0.0989. The highest BCUT2D eigenvalue weighted by Gasteiger charge is 2.16. The highest BCUT2D eigenvalue weighted by molar-refractivity contribution is 6.06. The molecule has 3 aromatic rings. The third kappa shape index (κ3) is 5.19. The van der Waals surface area contributed by atoms with Gasteiger partial charge in [-0.2, -0.15) is 5.10 Å². The molecule has 0 aliphatic heterocycles. The first-order valence-corrected chi connectivity index (χ1v) is 8.65. The van der Waals surface area contributed by atoms with Crippen molar-refractivity contribution in [2.45, 2.75) is 20.4 Å². The van der Waals surface area contributed by atoms with E-state index in [9.17, 15) is 4.79 Å². The average molecular weight is 410 g/mol. The molecule has 0 aliphatic rings. The van der Waals surface area contributed by atoms with Crippen molar-refractivity contribution in [3.8, 4) is 11.3 Å². The van der Waals surface area contributed by atoms with Gasteiger partial charge in [0.15, 0.2) is 5.65 Å². The standard InChI is InChI=1S/C19H23N5O.2ClH/c1-3-20-10-11-21-19(25)15-12-17(14-8-6-5-7-9-14)23-18-16(15)13-22-24(18)4-2;;/h5-9,12-13,20H,3-4,10-11H2,1-2H3,(H,21,25);2*1H. The molecule has 2 aromatic heterocycles. The molecule has 0 fully saturated rings. The molecule has 0 aliphatic carbocycles. The second-order valence-electron chi connectivity index (χ2n) is 5.73. The number of hydrogen-bond donors (Lipinski definition) is 2. The minimum Gasteiger partial charge on any atom is -0.351 e. The van der Waals surface area contributed by atoms with Gasteiger partial charge in [-0.1, -0.05) is 37.3 Å².